The Morgan fingerprint density at radius 1 is 0.839 bits per heavy atom. The molecule has 31 heavy (non-hydrogen) atoms. The van der Waals surface area contributed by atoms with Crippen molar-refractivity contribution in [1.29, 1.82) is 0 Å². The average Bonchev–Trinajstić information content (AvgIpc) is 2.93. The van der Waals surface area contributed by atoms with Gasteiger partial charge < -0.3 is 5.32 Å². The van der Waals surface area contributed by atoms with Crippen LogP contribution in [0.3, 0.4) is 0 Å². The van der Waals surface area contributed by atoms with Crippen LogP contribution in [0, 0.1) is 5.92 Å². The van der Waals surface area contributed by atoms with Crippen LogP contribution in [0.4, 0.5) is 4.79 Å². The van der Waals surface area contributed by atoms with E-state index in [0.717, 1.165) is 22.4 Å². The minimum absolute atomic E-state index is 0.0124. The minimum Gasteiger partial charge on any atom is -0.348 e. The third-order valence-corrected chi connectivity index (χ3v) is 5.12. The van der Waals surface area contributed by atoms with Crippen molar-refractivity contribution in [2.24, 2.45) is 5.92 Å². The number of urea groups is 1. The molecular weight excluding hydrogens is 394 g/mol. The maximum Gasteiger partial charge on any atom is 0.335 e. The molecule has 0 unspecified atom stereocenters. The maximum absolute atomic E-state index is 12.6. The van der Waals surface area contributed by atoms with Crippen molar-refractivity contribution in [3.63, 3.8) is 0 Å². The van der Waals surface area contributed by atoms with E-state index in [1.54, 1.807) is 24.3 Å². The van der Waals surface area contributed by atoms with E-state index in [9.17, 15) is 19.2 Å². The Labute approximate surface area is 182 Å². The summed E-state index contributed by atoms with van der Waals surface area (Å²) < 4.78 is 0. The molecule has 2 aromatic carbocycles. The molecule has 1 fully saturated rings. The summed E-state index contributed by atoms with van der Waals surface area (Å²) in [5.41, 5.74) is 2.86. The Morgan fingerprint density at radius 3 is 2.06 bits per heavy atom. The highest BCUT2D eigenvalue weighted by atomic mass is 16.2. The van der Waals surface area contributed by atoms with Crippen molar-refractivity contribution in [1.82, 2.24) is 15.1 Å². The molecule has 1 heterocycles. The van der Waals surface area contributed by atoms with Crippen molar-refractivity contribution in [3.05, 3.63) is 71.3 Å². The van der Waals surface area contributed by atoms with Crippen LogP contribution in [0.5, 0.6) is 0 Å². The van der Waals surface area contributed by atoms with Crippen LogP contribution in [0.25, 0.3) is 0 Å². The fraction of sp³-hybridized carbons (Fsp3) is 0.333. The molecular formula is C24H27N3O4. The Hall–Kier alpha value is -3.48. The second kappa shape index (κ2) is 9.55. The first-order valence-electron chi connectivity index (χ1n) is 10.4. The minimum atomic E-state index is -0.984. The normalized spacial score (nSPS) is 15.0. The Kier molecular flexibility index (Phi) is 6.84. The third kappa shape index (κ3) is 5.36. The fourth-order valence-electron chi connectivity index (χ4n) is 3.52. The molecule has 7 heteroatoms. The summed E-state index contributed by atoms with van der Waals surface area (Å²) in [6.07, 6.45) is 0.980. The van der Waals surface area contributed by atoms with E-state index in [0.29, 0.717) is 10.8 Å². The standard InChI is InChI=1S/C24H27N3O4/c1-16(2)13-18-9-11-20(12-10-18)17(3)25-21(28)15-27-23(30)22(29)26(24(27)31)14-19-7-5-4-6-8-19/h4-12,16-17H,13-15H2,1-3H3,(H,25,28)/t17-/m0/s1. The lowest BCUT2D eigenvalue weighted by Gasteiger charge is -2.18. The van der Waals surface area contributed by atoms with Crippen molar-refractivity contribution in [3.8, 4) is 0 Å². The number of rotatable bonds is 8. The number of imide groups is 2. The first-order chi connectivity index (χ1) is 14.8. The van der Waals surface area contributed by atoms with Crippen molar-refractivity contribution in [2.75, 3.05) is 6.54 Å². The van der Waals surface area contributed by atoms with Gasteiger partial charge in [-0.1, -0.05) is 68.4 Å². The van der Waals surface area contributed by atoms with Gasteiger partial charge in [0.25, 0.3) is 0 Å². The summed E-state index contributed by atoms with van der Waals surface area (Å²) in [5, 5.41) is 2.79. The van der Waals surface area contributed by atoms with Gasteiger partial charge in [0.15, 0.2) is 0 Å². The summed E-state index contributed by atoms with van der Waals surface area (Å²) in [7, 11) is 0. The van der Waals surface area contributed by atoms with Crippen LogP contribution in [0.15, 0.2) is 54.6 Å². The molecule has 0 saturated carbocycles. The van der Waals surface area contributed by atoms with Crippen LogP contribution < -0.4 is 5.32 Å². The van der Waals surface area contributed by atoms with Gasteiger partial charge in [0.1, 0.15) is 6.54 Å². The van der Waals surface area contributed by atoms with Gasteiger partial charge in [-0.3, -0.25) is 19.3 Å². The Morgan fingerprint density at radius 2 is 1.45 bits per heavy atom. The van der Waals surface area contributed by atoms with Gasteiger partial charge in [-0.25, -0.2) is 9.69 Å². The molecule has 1 aliphatic heterocycles. The van der Waals surface area contributed by atoms with E-state index in [-0.39, 0.29) is 12.6 Å². The largest absolute Gasteiger partial charge is 0.348 e. The number of carbonyl (C=O) groups is 4. The molecule has 7 nitrogen and oxygen atoms in total. The van der Waals surface area contributed by atoms with E-state index in [4.69, 9.17) is 0 Å². The van der Waals surface area contributed by atoms with Gasteiger partial charge >= 0.3 is 17.8 Å². The molecule has 162 valence electrons. The first kappa shape index (κ1) is 22.2. The van der Waals surface area contributed by atoms with Gasteiger partial charge in [-0.05, 0) is 36.0 Å². The smallest absolute Gasteiger partial charge is 0.335 e. The lowest BCUT2D eigenvalue weighted by atomic mass is 10.00. The van der Waals surface area contributed by atoms with E-state index < -0.39 is 30.3 Å². The van der Waals surface area contributed by atoms with Crippen LogP contribution in [0.2, 0.25) is 0 Å². The second-order valence-corrected chi connectivity index (χ2v) is 8.18. The molecule has 3 rings (SSSR count). The average molecular weight is 421 g/mol. The second-order valence-electron chi connectivity index (χ2n) is 8.18. The number of nitrogens with zero attached hydrogens (tertiary/aromatic N) is 2. The van der Waals surface area contributed by atoms with E-state index in [2.05, 4.69) is 19.2 Å². The lowest BCUT2D eigenvalue weighted by Crippen LogP contribution is -2.42. The molecule has 1 aliphatic rings. The monoisotopic (exact) mass is 421 g/mol. The predicted octanol–water partition coefficient (Wildman–Crippen LogP) is 3.05. The topological polar surface area (TPSA) is 86.8 Å². The van der Waals surface area contributed by atoms with Crippen LogP contribution in [-0.4, -0.2) is 40.1 Å². The van der Waals surface area contributed by atoms with Crippen molar-refractivity contribution >= 4 is 23.8 Å². The molecule has 5 amide bonds. The highest BCUT2D eigenvalue weighted by Gasteiger charge is 2.45. The number of nitrogens with one attached hydrogen (secondary N) is 1. The van der Waals surface area contributed by atoms with E-state index in [1.807, 2.05) is 37.3 Å². The lowest BCUT2D eigenvalue weighted by molar-refractivity contribution is -0.144. The number of amides is 5. The zero-order valence-corrected chi connectivity index (χ0v) is 18.0. The number of carbonyl (C=O) groups excluding carboxylic acids is 4. The summed E-state index contributed by atoms with van der Waals surface area (Å²) in [6.45, 7) is 5.63. The maximum atomic E-state index is 12.6. The van der Waals surface area contributed by atoms with E-state index >= 15 is 0 Å². The molecule has 1 atom stereocenters. The highest BCUT2D eigenvalue weighted by molar-refractivity contribution is 6.44. The van der Waals surface area contributed by atoms with Crippen molar-refractivity contribution < 1.29 is 19.2 Å². The number of hydrogen-bond donors (Lipinski definition) is 1. The van der Waals surface area contributed by atoms with E-state index in [1.165, 1.54) is 5.56 Å². The van der Waals surface area contributed by atoms with Gasteiger partial charge in [0.05, 0.1) is 12.6 Å². The summed E-state index contributed by atoms with van der Waals surface area (Å²) >= 11 is 0. The third-order valence-electron chi connectivity index (χ3n) is 5.12. The van der Waals surface area contributed by atoms with Gasteiger partial charge in [0.2, 0.25) is 5.91 Å². The van der Waals surface area contributed by atoms with Crippen LogP contribution in [-0.2, 0) is 27.3 Å². The molecule has 2 aromatic rings. The fourth-order valence-corrected chi connectivity index (χ4v) is 3.52. The predicted molar refractivity (Wildman–Crippen MR) is 116 cm³/mol. The van der Waals surface area contributed by atoms with Gasteiger partial charge in [-0.15, -0.1) is 0 Å². The zero-order chi connectivity index (χ0) is 22.5. The summed E-state index contributed by atoms with van der Waals surface area (Å²) in [5.74, 6) is -1.85. The molecule has 0 spiro atoms. The van der Waals surface area contributed by atoms with Crippen LogP contribution >= 0.6 is 0 Å². The quantitative estimate of drug-likeness (QED) is 0.524. The molecule has 1 saturated heterocycles. The van der Waals surface area contributed by atoms with Crippen LogP contribution in [0.1, 0.15) is 43.5 Å². The molecule has 0 radical (unpaired) electrons. The molecule has 1 N–H and O–H groups in total. The summed E-state index contributed by atoms with van der Waals surface area (Å²) in [6, 6.07) is 15.8. The van der Waals surface area contributed by atoms with Gasteiger partial charge in [0, 0.05) is 0 Å². The van der Waals surface area contributed by atoms with Crippen molar-refractivity contribution in [2.45, 2.75) is 39.8 Å². The Bertz CT molecular complexity index is 970. The molecule has 0 bridgehead atoms. The first-order valence-corrected chi connectivity index (χ1v) is 10.4. The summed E-state index contributed by atoms with van der Waals surface area (Å²) in [4.78, 5) is 51.1. The number of benzene rings is 2. The molecule has 0 aromatic heterocycles. The highest BCUT2D eigenvalue weighted by Crippen LogP contribution is 2.18. The number of hydrogen-bond acceptors (Lipinski definition) is 4. The van der Waals surface area contributed by atoms with Gasteiger partial charge in [-0.2, -0.15) is 0 Å². The molecule has 0 aliphatic carbocycles. The Balaban J connectivity index is 1.59. The zero-order valence-electron chi connectivity index (χ0n) is 18.0. The SMILES string of the molecule is CC(C)Cc1ccc([C@H](C)NC(=O)CN2C(=O)C(=O)N(Cc3ccccc3)C2=O)cc1.